The standard InChI is InChI=1S/C18H25NO4/c1-3-9-18(17(22)23-4-2)10-6-11-19(18)13-14-7-5-8-15(12-14)16(20)21/h5,7-8,12H,3-4,6,9-11,13H2,1-2H3,(H,20,21). The first-order chi connectivity index (χ1) is 11.0. The van der Waals surface area contributed by atoms with Crippen molar-refractivity contribution in [3.05, 3.63) is 35.4 Å². The molecule has 1 heterocycles. The summed E-state index contributed by atoms with van der Waals surface area (Å²) in [5.74, 6) is -1.08. The van der Waals surface area contributed by atoms with Gasteiger partial charge in [-0.3, -0.25) is 9.69 Å². The van der Waals surface area contributed by atoms with E-state index in [1.54, 1.807) is 18.2 Å². The van der Waals surface area contributed by atoms with Crippen molar-refractivity contribution < 1.29 is 19.4 Å². The molecule has 1 aliphatic heterocycles. The molecule has 1 aromatic rings. The molecule has 126 valence electrons. The second-order valence-corrected chi connectivity index (χ2v) is 6.03. The van der Waals surface area contributed by atoms with E-state index in [1.165, 1.54) is 0 Å². The molecule has 0 radical (unpaired) electrons. The molecule has 0 saturated carbocycles. The van der Waals surface area contributed by atoms with Crippen LogP contribution in [0.25, 0.3) is 0 Å². The summed E-state index contributed by atoms with van der Waals surface area (Å²) >= 11 is 0. The number of rotatable bonds is 7. The van der Waals surface area contributed by atoms with Crippen LogP contribution >= 0.6 is 0 Å². The summed E-state index contributed by atoms with van der Waals surface area (Å²) in [7, 11) is 0. The molecular weight excluding hydrogens is 294 g/mol. The first-order valence-electron chi connectivity index (χ1n) is 8.28. The zero-order valence-electron chi connectivity index (χ0n) is 13.9. The number of carboxylic acids is 1. The number of benzene rings is 1. The van der Waals surface area contributed by atoms with Crippen molar-refractivity contribution in [2.75, 3.05) is 13.2 Å². The zero-order valence-corrected chi connectivity index (χ0v) is 13.9. The molecule has 1 aliphatic rings. The number of ether oxygens (including phenoxy) is 1. The van der Waals surface area contributed by atoms with Gasteiger partial charge in [0.15, 0.2) is 0 Å². The van der Waals surface area contributed by atoms with Crippen molar-refractivity contribution in [3.63, 3.8) is 0 Å². The Balaban J connectivity index is 2.24. The SMILES string of the molecule is CCCC1(C(=O)OCC)CCCN1Cc1cccc(C(=O)O)c1. The Kier molecular flexibility index (Phi) is 5.77. The summed E-state index contributed by atoms with van der Waals surface area (Å²) in [6.45, 7) is 5.68. The number of likely N-dealkylation sites (tertiary alicyclic amines) is 1. The summed E-state index contributed by atoms with van der Waals surface area (Å²) in [6, 6.07) is 6.93. The van der Waals surface area contributed by atoms with E-state index in [1.807, 2.05) is 13.0 Å². The molecule has 0 amide bonds. The second kappa shape index (κ2) is 7.59. The van der Waals surface area contributed by atoms with Crippen LogP contribution in [0, 0.1) is 0 Å². The monoisotopic (exact) mass is 319 g/mol. The van der Waals surface area contributed by atoms with Gasteiger partial charge in [0.25, 0.3) is 0 Å². The van der Waals surface area contributed by atoms with Crippen LogP contribution in [0.5, 0.6) is 0 Å². The highest BCUT2D eigenvalue weighted by Crippen LogP contribution is 2.36. The number of carbonyl (C=O) groups is 2. The van der Waals surface area contributed by atoms with Crippen LogP contribution in [-0.2, 0) is 16.1 Å². The van der Waals surface area contributed by atoms with E-state index in [4.69, 9.17) is 9.84 Å². The third-order valence-electron chi connectivity index (χ3n) is 4.49. The lowest BCUT2D eigenvalue weighted by Crippen LogP contribution is -2.51. The van der Waals surface area contributed by atoms with E-state index >= 15 is 0 Å². The lowest BCUT2D eigenvalue weighted by Gasteiger charge is -2.36. The number of carboxylic acid groups (broad SMARTS) is 1. The van der Waals surface area contributed by atoms with Crippen LogP contribution < -0.4 is 0 Å². The molecule has 2 rings (SSSR count). The summed E-state index contributed by atoms with van der Waals surface area (Å²) in [4.78, 5) is 25.9. The van der Waals surface area contributed by atoms with E-state index in [0.29, 0.717) is 13.2 Å². The van der Waals surface area contributed by atoms with E-state index in [2.05, 4.69) is 11.8 Å². The lowest BCUT2D eigenvalue weighted by atomic mass is 9.90. The molecule has 0 spiro atoms. The zero-order chi connectivity index (χ0) is 16.9. The highest BCUT2D eigenvalue weighted by Gasteiger charge is 2.47. The highest BCUT2D eigenvalue weighted by atomic mass is 16.5. The Morgan fingerprint density at radius 2 is 2.13 bits per heavy atom. The summed E-state index contributed by atoms with van der Waals surface area (Å²) in [5, 5.41) is 9.13. The minimum absolute atomic E-state index is 0.145. The summed E-state index contributed by atoms with van der Waals surface area (Å²) in [6.07, 6.45) is 3.44. The molecular formula is C18H25NO4. The van der Waals surface area contributed by atoms with Gasteiger partial charge in [-0.15, -0.1) is 0 Å². The largest absolute Gasteiger partial charge is 0.478 e. The van der Waals surface area contributed by atoms with Gasteiger partial charge in [-0.1, -0.05) is 25.5 Å². The molecule has 1 fully saturated rings. The van der Waals surface area contributed by atoms with Gasteiger partial charge >= 0.3 is 11.9 Å². The van der Waals surface area contributed by atoms with Crippen molar-refractivity contribution >= 4 is 11.9 Å². The van der Waals surface area contributed by atoms with E-state index in [9.17, 15) is 9.59 Å². The predicted octanol–water partition coefficient (Wildman–Crippen LogP) is 3.08. The second-order valence-electron chi connectivity index (χ2n) is 6.03. The Hall–Kier alpha value is -1.88. The van der Waals surface area contributed by atoms with E-state index in [0.717, 1.165) is 37.8 Å². The number of aromatic carboxylic acids is 1. The van der Waals surface area contributed by atoms with Gasteiger partial charge in [0.05, 0.1) is 12.2 Å². The van der Waals surface area contributed by atoms with Crippen molar-refractivity contribution in [1.29, 1.82) is 0 Å². The van der Waals surface area contributed by atoms with E-state index in [-0.39, 0.29) is 11.5 Å². The number of esters is 1. The molecule has 0 bridgehead atoms. The number of nitrogens with zero attached hydrogens (tertiary/aromatic N) is 1. The molecule has 1 N–H and O–H groups in total. The van der Waals surface area contributed by atoms with Crippen LogP contribution in [0.3, 0.4) is 0 Å². The Labute approximate surface area is 137 Å². The van der Waals surface area contributed by atoms with Gasteiger partial charge in [-0.25, -0.2) is 4.79 Å². The maximum Gasteiger partial charge on any atom is 0.335 e. The fraction of sp³-hybridized carbons (Fsp3) is 0.556. The average molecular weight is 319 g/mol. The van der Waals surface area contributed by atoms with Crippen molar-refractivity contribution in [3.8, 4) is 0 Å². The third-order valence-corrected chi connectivity index (χ3v) is 4.49. The maximum absolute atomic E-state index is 12.6. The smallest absolute Gasteiger partial charge is 0.335 e. The van der Waals surface area contributed by atoms with Gasteiger partial charge in [0.1, 0.15) is 5.54 Å². The fourth-order valence-corrected chi connectivity index (χ4v) is 3.48. The van der Waals surface area contributed by atoms with Gasteiger partial charge in [-0.05, 0) is 50.4 Å². The number of hydrogen-bond donors (Lipinski definition) is 1. The first kappa shape index (κ1) is 17.5. The van der Waals surface area contributed by atoms with Gasteiger partial charge in [0.2, 0.25) is 0 Å². The average Bonchev–Trinajstić information content (AvgIpc) is 2.92. The Morgan fingerprint density at radius 1 is 1.35 bits per heavy atom. The maximum atomic E-state index is 12.6. The van der Waals surface area contributed by atoms with Crippen LogP contribution in [0.1, 0.15) is 55.5 Å². The first-order valence-corrected chi connectivity index (χ1v) is 8.28. The summed E-state index contributed by atoms with van der Waals surface area (Å²) < 4.78 is 5.34. The lowest BCUT2D eigenvalue weighted by molar-refractivity contribution is -0.157. The van der Waals surface area contributed by atoms with E-state index < -0.39 is 11.5 Å². The van der Waals surface area contributed by atoms with Crippen molar-refractivity contribution in [2.24, 2.45) is 0 Å². The fourth-order valence-electron chi connectivity index (χ4n) is 3.48. The minimum atomic E-state index is -0.932. The molecule has 23 heavy (non-hydrogen) atoms. The van der Waals surface area contributed by atoms with Crippen LogP contribution in [0.15, 0.2) is 24.3 Å². The molecule has 1 unspecified atom stereocenters. The van der Waals surface area contributed by atoms with Gasteiger partial charge < -0.3 is 9.84 Å². The Bertz CT molecular complexity index is 572. The van der Waals surface area contributed by atoms with Gasteiger partial charge in [0, 0.05) is 6.54 Å². The normalized spacial score (nSPS) is 21.3. The molecule has 0 aromatic heterocycles. The molecule has 5 nitrogen and oxygen atoms in total. The highest BCUT2D eigenvalue weighted by molar-refractivity contribution is 5.87. The van der Waals surface area contributed by atoms with Crippen LogP contribution in [-0.4, -0.2) is 40.6 Å². The minimum Gasteiger partial charge on any atom is -0.478 e. The molecule has 1 atom stereocenters. The topological polar surface area (TPSA) is 66.8 Å². The molecule has 1 aromatic carbocycles. The number of hydrogen-bond acceptors (Lipinski definition) is 4. The predicted molar refractivity (Wildman–Crippen MR) is 87.3 cm³/mol. The van der Waals surface area contributed by atoms with Crippen molar-refractivity contribution in [1.82, 2.24) is 4.90 Å². The van der Waals surface area contributed by atoms with Gasteiger partial charge in [-0.2, -0.15) is 0 Å². The van der Waals surface area contributed by atoms with Crippen molar-refractivity contribution in [2.45, 2.75) is 51.6 Å². The molecule has 0 aliphatic carbocycles. The number of carbonyl (C=O) groups excluding carboxylic acids is 1. The molecule has 5 heteroatoms. The van der Waals surface area contributed by atoms with Crippen LogP contribution in [0.2, 0.25) is 0 Å². The molecule has 1 saturated heterocycles. The van der Waals surface area contributed by atoms with Crippen LogP contribution in [0.4, 0.5) is 0 Å². The Morgan fingerprint density at radius 3 is 2.78 bits per heavy atom. The quantitative estimate of drug-likeness (QED) is 0.782. The third kappa shape index (κ3) is 3.72. The summed E-state index contributed by atoms with van der Waals surface area (Å²) in [5.41, 5.74) is 0.625.